The van der Waals surface area contributed by atoms with Crippen molar-refractivity contribution in [1.82, 2.24) is 9.80 Å². The van der Waals surface area contributed by atoms with E-state index < -0.39 is 0 Å². The number of hydrogen-bond donors (Lipinski definition) is 0. The fraction of sp³-hybridized carbons (Fsp3) is 0.536. The molecular formula is C28H36N2O3. The number of carbonyl (C=O) groups is 1. The van der Waals surface area contributed by atoms with Crippen LogP contribution in [0.5, 0.6) is 11.5 Å². The Kier molecular flexibility index (Phi) is 6.33. The summed E-state index contributed by atoms with van der Waals surface area (Å²) in [5, 5.41) is 0. The fourth-order valence-electron chi connectivity index (χ4n) is 5.91. The number of likely N-dealkylation sites (tertiary alicyclic amines) is 2. The Morgan fingerprint density at radius 1 is 1.00 bits per heavy atom. The van der Waals surface area contributed by atoms with Crippen molar-refractivity contribution in [1.29, 1.82) is 0 Å². The Labute approximate surface area is 197 Å². The van der Waals surface area contributed by atoms with E-state index in [4.69, 9.17) is 9.47 Å². The maximum Gasteiger partial charge on any atom is 0.253 e. The van der Waals surface area contributed by atoms with E-state index in [1.165, 1.54) is 5.56 Å². The van der Waals surface area contributed by atoms with Gasteiger partial charge in [0, 0.05) is 43.2 Å². The Morgan fingerprint density at radius 2 is 1.70 bits per heavy atom. The molecule has 2 aromatic rings. The predicted molar refractivity (Wildman–Crippen MR) is 130 cm³/mol. The molecule has 3 aliphatic heterocycles. The second-order valence-corrected chi connectivity index (χ2v) is 10.4. The van der Waals surface area contributed by atoms with Crippen LogP contribution in [0.25, 0.3) is 0 Å². The van der Waals surface area contributed by atoms with Crippen molar-refractivity contribution in [2.75, 3.05) is 39.4 Å². The third-order valence-corrected chi connectivity index (χ3v) is 7.47. The number of rotatable bonds is 4. The monoisotopic (exact) mass is 448 g/mol. The molecule has 3 aliphatic rings. The van der Waals surface area contributed by atoms with E-state index >= 15 is 0 Å². The summed E-state index contributed by atoms with van der Waals surface area (Å²) in [5.41, 5.74) is 2.39. The summed E-state index contributed by atoms with van der Waals surface area (Å²) in [6, 6.07) is 17.1. The van der Waals surface area contributed by atoms with Crippen molar-refractivity contribution in [3.63, 3.8) is 0 Å². The first-order valence-electron chi connectivity index (χ1n) is 12.5. The van der Waals surface area contributed by atoms with Gasteiger partial charge in [-0.1, -0.05) is 44.2 Å². The molecule has 176 valence electrons. The first-order chi connectivity index (χ1) is 16.1. The molecule has 1 unspecified atom stereocenters. The molecule has 0 aliphatic carbocycles. The first-order valence-corrected chi connectivity index (χ1v) is 12.5. The number of piperidine rings is 1. The standard InChI is InChI=1S/C28H36N2O3/c1-21(2)19-30-20-28(26(30)22-8-4-3-5-9-22)12-14-29(15-13-28)27(31)23-10-11-24-25(18-23)33-17-7-6-16-32-24/h3-5,8-11,18,21,26H,6-7,12-17,19-20H2,1-2H3. The van der Waals surface area contributed by atoms with Gasteiger partial charge in [-0.05, 0) is 55.4 Å². The van der Waals surface area contributed by atoms with E-state index in [2.05, 4.69) is 49.1 Å². The maximum atomic E-state index is 13.3. The van der Waals surface area contributed by atoms with Crippen molar-refractivity contribution in [2.24, 2.45) is 11.3 Å². The third kappa shape index (κ3) is 4.48. The van der Waals surface area contributed by atoms with Crippen LogP contribution in [0.4, 0.5) is 0 Å². The lowest BCUT2D eigenvalue weighted by molar-refractivity contribution is -0.112. The second kappa shape index (κ2) is 9.38. The Morgan fingerprint density at radius 3 is 2.39 bits per heavy atom. The summed E-state index contributed by atoms with van der Waals surface area (Å²) >= 11 is 0. The molecule has 5 rings (SSSR count). The molecular weight excluding hydrogens is 412 g/mol. The number of nitrogens with zero attached hydrogens (tertiary/aromatic N) is 2. The highest BCUT2D eigenvalue weighted by atomic mass is 16.5. The lowest BCUT2D eigenvalue weighted by Crippen LogP contribution is -2.63. The molecule has 3 heterocycles. The minimum atomic E-state index is 0.105. The summed E-state index contributed by atoms with van der Waals surface area (Å²) in [4.78, 5) is 18.0. The Balaban J connectivity index is 1.28. The van der Waals surface area contributed by atoms with Gasteiger partial charge in [-0.3, -0.25) is 9.69 Å². The highest BCUT2D eigenvalue weighted by Gasteiger charge is 2.54. The van der Waals surface area contributed by atoms with Gasteiger partial charge in [-0.25, -0.2) is 0 Å². The molecule has 2 saturated heterocycles. The van der Waals surface area contributed by atoms with E-state index in [0.29, 0.717) is 36.5 Å². The number of amides is 1. The van der Waals surface area contributed by atoms with Crippen LogP contribution in [0.2, 0.25) is 0 Å². The molecule has 1 amide bonds. The fourth-order valence-corrected chi connectivity index (χ4v) is 5.91. The van der Waals surface area contributed by atoms with E-state index in [0.717, 1.165) is 57.6 Å². The van der Waals surface area contributed by atoms with E-state index in [1.807, 2.05) is 23.1 Å². The van der Waals surface area contributed by atoms with Crippen molar-refractivity contribution in [2.45, 2.75) is 45.6 Å². The van der Waals surface area contributed by atoms with Crippen LogP contribution in [-0.2, 0) is 0 Å². The van der Waals surface area contributed by atoms with Crippen molar-refractivity contribution in [3.05, 3.63) is 59.7 Å². The van der Waals surface area contributed by atoms with Crippen LogP contribution in [0.3, 0.4) is 0 Å². The molecule has 5 nitrogen and oxygen atoms in total. The SMILES string of the molecule is CC(C)CN1CC2(CCN(C(=O)c3ccc4c(c3)OCCCCO4)CC2)C1c1ccccc1. The number of benzene rings is 2. The molecule has 1 atom stereocenters. The molecule has 0 saturated carbocycles. The van der Waals surface area contributed by atoms with E-state index in [9.17, 15) is 4.79 Å². The van der Waals surface area contributed by atoms with Gasteiger partial charge in [0.1, 0.15) is 0 Å². The van der Waals surface area contributed by atoms with Gasteiger partial charge >= 0.3 is 0 Å². The molecule has 0 N–H and O–H groups in total. The zero-order chi connectivity index (χ0) is 22.8. The molecule has 0 radical (unpaired) electrons. The topological polar surface area (TPSA) is 42.0 Å². The summed E-state index contributed by atoms with van der Waals surface area (Å²) < 4.78 is 11.7. The third-order valence-electron chi connectivity index (χ3n) is 7.47. The average Bonchev–Trinajstić information content (AvgIpc) is 2.79. The number of fused-ring (bicyclic) bond motifs is 1. The van der Waals surface area contributed by atoms with Crippen LogP contribution >= 0.6 is 0 Å². The highest BCUT2D eigenvalue weighted by molar-refractivity contribution is 5.95. The summed E-state index contributed by atoms with van der Waals surface area (Å²) in [5.74, 6) is 2.20. The zero-order valence-corrected chi connectivity index (χ0v) is 20.0. The van der Waals surface area contributed by atoms with Crippen LogP contribution in [0.1, 0.15) is 61.5 Å². The summed E-state index contributed by atoms with van der Waals surface area (Å²) in [6.07, 6.45) is 4.07. The number of hydrogen-bond acceptors (Lipinski definition) is 4. The van der Waals surface area contributed by atoms with Crippen LogP contribution in [-0.4, -0.2) is 55.1 Å². The van der Waals surface area contributed by atoms with Gasteiger partial charge in [0.05, 0.1) is 13.2 Å². The smallest absolute Gasteiger partial charge is 0.253 e. The van der Waals surface area contributed by atoms with Gasteiger partial charge in [-0.15, -0.1) is 0 Å². The summed E-state index contributed by atoms with van der Waals surface area (Å²) in [7, 11) is 0. The maximum absolute atomic E-state index is 13.3. The molecule has 5 heteroatoms. The molecule has 33 heavy (non-hydrogen) atoms. The highest BCUT2D eigenvalue weighted by Crippen LogP contribution is 2.55. The molecule has 1 spiro atoms. The van der Waals surface area contributed by atoms with E-state index in [1.54, 1.807) is 0 Å². The van der Waals surface area contributed by atoms with Gasteiger partial charge in [-0.2, -0.15) is 0 Å². The Bertz CT molecular complexity index is 966. The largest absolute Gasteiger partial charge is 0.490 e. The van der Waals surface area contributed by atoms with Crippen LogP contribution in [0.15, 0.2) is 48.5 Å². The van der Waals surface area contributed by atoms with Crippen molar-refractivity contribution >= 4 is 5.91 Å². The van der Waals surface area contributed by atoms with Gasteiger partial charge < -0.3 is 14.4 Å². The predicted octanol–water partition coefficient (Wildman–Crippen LogP) is 5.17. The number of ether oxygens (including phenoxy) is 2. The zero-order valence-electron chi connectivity index (χ0n) is 20.0. The second-order valence-electron chi connectivity index (χ2n) is 10.4. The molecule has 2 fully saturated rings. The van der Waals surface area contributed by atoms with Gasteiger partial charge in [0.25, 0.3) is 5.91 Å². The number of carbonyl (C=O) groups excluding carboxylic acids is 1. The lowest BCUT2D eigenvalue weighted by Gasteiger charge is -2.61. The minimum absolute atomic E-state index is 0.105. The van der Waals surface area contributed by atoms with Crippen molar-refractivity contribution in [3.8, 4) is 11.5 Å². The van der Waals surface area contributed by atoms with Gasteiger partial charge in [0.15, 0.2) is 11.5 Å². The van der Waals surface area contributed by atoms with Gasteiger partial charge in [0.2, 0.25) is 0 Å². The Hall–Kier alpha value is -2.53. The minimum Gasteiger partial charge on any atom is -0.490 e. The molecule has 0 bridgehead atoms. The quantitative estimate of drug-likeness (QED) is 0.647. The summed E-state index contributed by atoms with van der Waals surface area (Å²) in [6.45, 7) is 9.86. The van der Waals surface area contributed by atoms with E-state index in [-0.39, 0.29) is 11.3 Å². The normalized spacial score (nSPS) is 22.5. The van der Waals surface area contributed by atoms with Crippen LogP contribution < -0.4 is 9.47 Å². The van der Waals surface area contributed by atoms with Crippen LogP contribution in [0, 0.1) is 11.3 Å². The molecule has 2 aromatic carbocycles. The lowest BCUT2D eigenvalue weighted by atomic mass is 9.63. The first kappa shape index (κ1) is 22.3. The molecule has 0 aromatic heterocycles. The van der Waals surface area contributed by atoms with Crippen molar-refractivity contribution < 1.29 is 14.3 Å². The average molecular weight is 449 g/mol.